The van der Waals surface area contributed by atoms with Crippen LogP contribution in [0.3, 0.4) is 0 Å². The Morgan fingerprint density at radius 2 is 2.16 bits per heavy atom. The van der Waals surface area contributed by atoms with Gasteiger partial charge in [0.15, 0.2) is 5.78 Å². The van der Waals surface area contributed by atoms with Crippen LogP contribution >= 0.6 is 0 Å². The van der Waals surface area contributed by atoms with Crippen LogP contribution in [0.2, 0.25) is 0 Å². The van der Waals surface area contributed by atoms with Crippen molar-refractivity contribution in [1.29, 1.82) is 0 Å². The van der Waals surface area contributed by atoms with Crippen molar-refractivity contribution in [3.8, 4) is 0 Å². The first-order valence-corrected chi connectivity index (χ1v) is 6.94. The second kappa shape index (κ2) is 4.19. The predicted octanol–water partition coefficient (Wildman–Crippen LogP) is 3.19. The van der Waals surface area contributed by atoms with Gasteiger partial charge in [-0.1, -0.05) is 20.3 Å². The molecule has 3 nitrogen and oxygen atoms in total. The SMILES string of the molecule is CC1(C)CCCC1C(=O)c1ccc2c(c1)CC(=O)N2. The summed E-state index contributed by atoms with van der Waals surface area (Å²) in [4.78, 5) is 24.0. The van der Waals surface area contributed by atoms with Crippen molar-refractivity contribution in [3.05, 3.63) is 29.3 Å². The van der Waals surface area contributed by atoms with Crippen molar-refractivity contribution in [1.82, 2.24) is 0 Å². The zero-order chi connectivity index (χ0) is 13.6. The molecule has 0 bridgehead atoms. The molecule has 100 valence electrons. The van der Waals surface area contributed by atoms with Crippen molar-refractivity contribution < 1.29 is 9.59 Å². The molecule has 1 aromatic rings. The van der Waals surface area contributed by atoms with Crippen LogP contribution < -0.4 is 5.32 Å². The molecule has 19 heavy (non-hydrogen) atoms. The number of nitrogens with one attached hydrogen (secondary N) is 1. The highest BCUT2D eigenvalue weighted by Crippen LogP contribution is 2.44. The highest BCUT2D eigenvalue weighted by molar-refractivity contribution is 6.03. The molecule has 3 rings (SSSR count). The number of ketones is 1. The summed E-state index contributed by atoms with van der Waals surface area (Å²) >= 11 is 0. The van der Waals surface area contributed by atoms with Crippen LogP contribution in [-0.4, -0.2) is 11.7 Å². The van der Waals surface area contributed by atoms with Crippen molar-refractivity contribution in [2.45, 2.75) is 39.5 Å². The van der Waals surface area contributed by atoms with Gasteiger partial charge in [-0.25, -0.2) is 0 Å². The molecule has 3 heteroatoms. The largest absolute Gasteiger partial charge is 0.326 e. The minimum Gasteiger partial charge on any atom is -0.326 e. The van der Waals surface area contributed by atoms with Gasteiger partial charge in [0, 0.05) is 17.2 Å². The Balaban J connectivity index is 1.89. The summed E-state index contributed by atoms with van der Waals surface area (Å²) < 4.78 is 0. The van der Waals surface area contributed by atoms with Crippen LogP contribution in [0.4, 0.5) is 5.69 Å². The zero-order valence-corrected chi connectivity index (χ0v) is 11.5. The molecule has 1 aliphatic carbocycles. The van der Waals surface area contributed by atoms with Gasteiger partial charge in [0.1, 0.15) is 0 Å². The number of amides is 1. The van der Waals surface area contributed by atoms with E-state index < -0.39 is 0 Å². The summed E-state index contributed by atoms with van der Waals surface area (Å²) in [6.45, 7) is 4.36. The maximum atomic E-state index is 12.6. The third-order valence-corrected chi connectivity index (χ3v) is 4.59. The summed E-state index contributed by atoms with van der Waals surface area (Å²) in [7, 11) is 0. The normalized spacial score (nSPS) is 24.1. The van der Waals surface area contributed by atoms with E-state index in [0.29, 0.717) is 6.42 Å². The van der Waals surface area contributed by atoms with E-state index in [-0.39, 0.29) is 23.0 Å². The first-order chi connectivity index (χ1) is 8.97. The van der Waals surface area contributed by atoms with E-state index >= 15 is 0 Å². The van der Waals surface area contributed by atoms with E-state index in [0.717, 1.165) is 36.1 Å². The Morgan fingerprint density at radius 1 is 1.37 bits per heavy atom. The summed E-state index contributed by atoms with van der Waals surface area (Å²) in [6, 6.07) is 5.60. The average molecular weight is 257 g/mol. The third kappa shape index (κ3) is 2.07. The van der Waals surface area contributed by atoms with Crippen LogP contribution in [0.1, 0.15) is 49.0 Å². The Morgan fingerprint density at radius 3 is 2.84 bits per heavy atom. The maximum Gasteiger partial charge on any atom is 0.228 e. The number of hydrogen-bond donors (Lipinski definition) is 1. The fourth-order valence-electron chi connectivity index (χ4n) is 3.40. The van der Waals surface area contributed by atoms with E-state index in [2.05, 4.69) is 19.2 Å². The van der Waals surface area contributed by atoms with E-state index in [4.69, 9.17) is 0 Å². The van der Waals surface area contributed by atoms with Gasteiger partial charge in [0.25, 0.3) is 0 Å². The summed E-state index contributed by atoms with van der Waals surface area (Å²) in [6.07, 6.45) is 3.63. The van der Waals surface area contributed by atoms with Crippen LogP contribution in [0.15, 0.2) is 18.2 Å². The van der Waals surface area contributed by atoms with Gasteiger partial charge in [0.05, 0.1) is 6.42 Å². The Kier molecular flexibility index (Phi) is 2.73. The van der Waals surface area contributed by atoms with E-state index in [1.807, 2.05) is 18.2 Å². The van der Waals surface area contributed by atoms with Crippen molar-refractivity contribution in [2.24, 2.45) is 11.3 Å². The number of carbonyl (C=O) groups excluding carboxylic acids is 2. The van der Waals surface area contributed by atoms with Gasteiger partial charge < -0.3 is 5.32 Å². The molecule has 0 radical (unpaired) electrons. The molecule has 1 amide bonds. The lowest BCUT2D eigenvalue weighted by Crippen LogP contribution is -2.25. The summed E-state index contributed by atoms with van der Waals surface area (Å²) in [5.74, 6) is 0.376. The molecule has 0 aromatic heterocycles. The minimum absolute atomic E-state index is 0.0146. The summed E-state index contributed by atoms with van der Waals surface area (Å²) in [5.41, 5.74) is 2.67. The molecule has 1 fully saturated rings. The average Bonchev–Trinajstić information content (AvgIpc) is 2.88. The number of rotatable bonds is 2. The molecule has 1 heterocycles. The lowest BCUT2D eigenvalue weighted by Gasteiger charge is -2.25. The smallest absolute Gasteiger partial charge is 0.228 e. The number of benzene rings is 1. The van der Waals surface area contributed by atoms with E-state index in [9.17, 15) is 9.59 Å². The standard InChI is InChI=1S/C16H19NO2/c1-16(2)7-3-4-12(16)15(19)10-5-6-13-11(8-10)9-14(18)17-13/h5-6,8,12H,3-4,7,9H2,1-2H3,(H,17,18). The van der Waals surface area contributed by atoms with Gasteiger partial charge in [0.2, 0.25) is 5.91 Å². The van der Waals surface area contributed by atoms with Gasteiger partial charge in [-0.2, -0.15) is 0 Å². The quantitative estimate of drug-likeness (QED) is 0.827. The molecular formula is C16H19NO2. The lowest BCUT2D eigenvalue weighted by molar-refractivity contribution is -0.115. The van der Waals surface area contributed by atoms with E-state index in [1.165, 1.54) is 0 Å². The number of carbonyl (C=O) groups is 2. The summed E-state index contributed by atoms with van der Waals surface area (Å²) in [5, 5.41) is 2.80. The predicted molar refractivity (Wildman–Crippen MR) is 74.2 cm³/mol. The topological polar surface area (TPSA) is 46.2 Å². The Bertz CT molecular complexity index is 560. The van der Waals surface area contributed by atoms with Gasteiger partial charge in [-0.3, -0.25) is 9.59 Å². The second-order valence-corrected chi connectivity index (χ2v) is 6.39. The molecule has 2 aliphatic rings. The molecule has 1 aliphatic heterocycles. The number of Topliss-reactive ketones (excluding diaryl/α,β-unsaturated/α-hetero) is 1. The fourth-order valence-corrected chi connectivity index (χ4v) is 3.40. The van der Waals surface area contributed by atoms with Gasteiger partial charge in [-0.15, -0.1) is 0 Å². The monoisotopic (exact) mass is 257 g/mol. The molecule has 1 atom stereocenters. The number of fused-ring (bicyclic) bond motifs is 1. The van der Waals surface area contributed by atoms with Crippen LogP contribution in [0, 0.1) is 11.3 Å². The highest BCUT2D eigenvalue weighted by Gasteiger charge is 2.39. The van der Waals surface area contributed by atoms with Crippen LogP contribution in [0.25, 0.3) is 0 Å². The van der Waals surface area contributed by atoms with Gasteiger partial charge in [-0.05, 0) is 42.0 Å². The Labute approximate surface area is 113 Å². The third-order valence-electron chi connectivity index (χ3n) is 4.59. The minimum atomic E-state index is 0.0146. The molecule has 0 spiro atoms. The van der Waals surface area contributed by atoms with Crippen LogP contribution in [-0.2, 0) is 11.2 Å². The second-order valence-electron chi connectivity index (χ2n) is 6.39. The first kappa shape index (κ1) is 12.4. The molecule has 1 N–H and O–H groups in total. The van der Waals surface area contributed by atoms with E-state index in [1.54, 1.807) is 0 Å². The first-order valence-electron chi connectivity index (χ1n) is 6.94. The molecular weight excluding hydrogens is 238 g/mol. The molecule has 1 aromatic carbocycles. The lowest BCUT2D eigenvalue weighted by atomic mass is 9.77. The Hall–Kier alpha value is -1.64. The van der Waals surface area contributed by atoms with Crippen molar-refractivity contribution in [3.63, 3.8) is 0 Å². The van der Waals surface area contributed by atoms with Crippen LogP contribution in [0.5, 0.6) is 0 Å². The van der Waals surface area contributed by atoms with Crippen molar-refractivity contribution >= 4 is 17.4 Å². The highest BCUT2D eigenvalue weighted by atomic mass is 16.1. The molecule has 1 unspecified atom stereocenters. The number of anilines is 1. The maximum absolute atomic E-state index is 12.6. The fraction of sp³-hybridized carbons (Fsp3) is 0.500. The molecule has 0 saturated heterocycles. The van der Waals surface area contributed by atoms with Crippen molar-refractivity contribution in [2.75, 3.05) is 5.32 Å². The number of hydrogen-bond acceptors (Lipinski definition) is 2. The van der Waals surface area contributed by atoms with Gasteiger partial charge >= 0.3 is 0 Å². The zero-order valence-electron chi connectivity index (χ0n) is 11.5. The molecule has 1 saturated carbocycles.